The van der Waals surface area contributed by atoms with Crippen LogP contribution in [0.25, 0.3) is 5.65 Å². The molecule has 0 bridgehead atoms. The van der Waals surface area contributed by atoms with Gasteiger partial charge >= 0.3 is 6.18 Å². The molecule has 0 spiro atoms. The number of sulfonamides is 1. The minimum atomic E-state index is -4.52. The SMILES string of the molecule is Bc1cnn2c(NCc3cccnc3)cc(C3CCN(S(=O)(=O)c4ccc(C(F)(F)F)cc4)CC3)nc12. The number of fused-ring (bicyclic) bond motifs is 1. The summed E-state index contributed by atoms with van der Waals surface area (Å²) in [5, 5.41) is 7.83. The molecule has 4 aromatic rings. The van der Waals surface area contributed by atoms with Gasteiger partial charge < -0.3 is 5.32 Å². The predicted octanol–water partition coefficient (Wildman–Crippen LogP) is 2.58. The van der Waals surface area contributed by atoms with Crippen molar-refractivity contribution in [1.29, 1.82) is 0 Å². The van der Waals surface area contributed by atoms with Crippen molar-refractivity contribution in [3.63, 3.8) is 0 Å². The highest BCUT2D eigenvalue weighted by molar-refractivity contribution is 7.89. The first-order chi connectivity index (χ1) is 17.6. The quantitative estimate of drug-likeness (QED) is 0.387. The molecule has 0 atom stereocenters. The van der Waals surface area contributed by atoms with E-state index in [0.29, 0.717) is 19.4 Å². The molecule has 1 aliphatic rings. The monoisotopic (exact) mass is 528 g/mol. The maximum atomic E-state index is 13.1. The maximum absolute atomic E-state index is 13.1. The van der Waals surface area contributed by atoms with E-state index in [4.69, 9.17) is 4.98 Å². The van der Waals surface area contributed by atoms with Gasteiger partial charge in [0.25, 0.3) is 0 Å². The molecule has 1 fully saturated rings. The number of nitrogens with zero attached hydrogens (tertiary/aromatic N) is 5. The van der Waals surface area contributed by atoms with Crippen LogP contribution in [0.15, 0.2) is 66.0 Å². The number of piperidine rings is 1. The second-order valence-electron chi connectivity index (χ2n) is 9.04. The first-order valence-corrected chi connectivity index (χ1v) is 13.2. The smallest absolute Gasteiger partial charge is 0.366 e. The average Bonchev–Trinajstić information content (AvgIpc) is 3.28. The lowest BCUT2D eigenvalue weighted by atomic mass is 9.94. The van der Waals surface area contributed by atoms with Gasteiger partial charge in [0.2, 0.25) is 10.0 Å². The van der Waals surface area contributed by atoms with Crippen LogP contribution in [0.2, 0.25) is 0 Å². The van der Waals surface area contributed by atoms with Crippen molar-refractivity contribution >= 4 is 34.8 Å². The van der Waals surface area contributed by atoms with Gasteiger partial charge in [-0.2, -0.15) is 27.1 Å². The molecule has 8 nitrogen and oxygen atoms in total. The van der Waals surface area contributed by atoms with Crippen molar-refractivity contribution in [3.8, 4) is 0 Å². The van der Waals surface area contributed by atoms with Gasteiger partial charge in [0.15, 0.2) is 5.65 Å². The van der Waals surface area contributed by atoms with Crippen molar-refractivity contribution in [2.24, 2.45) is 0 Å². The number of aromatic nitrogens is 4. The van der Waals surface area contributed by atoms with Crippen LogP contribution in [0.5, 0.6) is 0 Å². The fourth-order valence-electron chi connectivity index (χ4n) is 4.48. The summed E-state index contributed by atoms with van der Waals surface area (Å²) in [4.78, 5) is 8.82. The topological polar surface area (TPSA) is 92.5 Å². The fourth-order valence-corrected chi connectivity index (χ4v) is 5.95. The molecule has 0 saturated carbocycles. The zero-order valence-electron chi connectivity index (χ0n) is 20.0. The van der Waals surface area contributed by atoms with Crippen molar-refractivity contribution in [1.82, 2.24) is 23.9 Å². The summed E-state index contributed by atoms with van der Waals surface area (Å²) in [5.74, 6) is 0.800. The summed E-state index contributed by atoms with van der Waals surface area (Å²) in [7, 11) is -1.96. The largest absolute Gasteiger partial charge is 0.416 e. The number of pyridine rings is 1. The summed E-state index contributed by atoms with van der Waals surface area (Å²) in [6.07, 6.45) is 1.81. The van der Waals surface area contributed by atoms with Crippen LogP contribution in [0, 0.1) is 0 Å². The molecule has 0 aliphatic carbocycles. The fraction of sp³-hybridized carbons (Fsp3) is 0.292. The van der Waals surface area contributed by atoms with E-state index in [-0.39, 0.29) is 23.9 Å². The van der Waals surface area contributed by atoms with Crippen molar-refractivity contribution < 1.29 is 21.6 Å². The van der Waals surface area contributed by atoms with E-state index in [0.717, 1.165) is 52.5 Å². The van der Waals surface area contributed by atoms with Gasteiger partial charge in [0.05, 0.1) is 10.5 Å². The van der Waals surface area contributed by atoms with Crippen molar-refractivity contribution in [2.75, 3.05) is 18.4 Å². The molecule has 192 valence electrons. The minimum Gasteiger partial charge on any atom is -0.366 e. The molecule has 37 heavy (non-hydrogen) atoms. The zero-order valence-corrected chi connectivity index (χ0v) is 20.8. The molecule has 0 amide bonds. The highest BCUT2D eigenvalue weighted by Crippen LogP contribution is 2.33. The molecule has 3 aromatic heterocycles. The Morgan fingerprint density at radius 1 is 1.08 bits per heavy atom. The Labute approximate surface area is 213 Å². The molecule has 0 unspecified atom stereocenters. The third-order valence-corrected chi connectivity index (χ3v) is 8.47. The van der Waals surface area contributed by atoms with Gasteiger partial charge in [-0.1, -0.05) is 6.07 Å². The van der Waals surface area contributed by atoms with Crippen LogP contribution in [-0.4, -0.2) is 53.2 Å². The average molecular weight is 528 g/mol. The molecule has 1 N–H and O–H groups in total. The number of halogens is 3. The first-order valence-electron chi connectivity index (χ1n) is 11.8. The van der Waals surface area contributed by atoms with Crippen LogP contribution in [0.3, 0.4) is 0 Å². The Hall–Kier alpha value is -3.45. The molecule has 1 saturated heterocycles. The number of hydrogen-bond donors (Lipinski definition) is 1. The highest BCUT2D eigenvalue weighted by atomic mass is 32.2. The standard InChI is InChI=1S/C24H24BF3N6O2S/c25-20-15-31-34-22(30-14-16-2-1-9-29-13-16)12-21(32-23(20)34)17-7-10-33(11-8-17)37(35,36)19-5-3-18(4-6-19)24(26,27)28/h1-6,9,12-13,15,17,30H,7-8,10-11,14,25H2. The second-order valence-corrected chi connectivity index (χ2v) is 11.0. The van der Waals surface area contributed by atoms with Gasteiger partial charge in [-0.05, 0) is 54.2 Å². The van der Waals surface area contributed by atoms with Gasteiger partial charge in [-0.15, -0.1) is 0 Å². The Kier molecular flexibility index (Phi) is 6.67. The molecule has 5 rings (SSSR count). The Morgan fingerprint density at radius 2 is 1.81 bits per heavy atom. The van der Waals surface area contributed by atoms with E-state index in [1.807, 2.05) is 26.0 Å². The highest BCUT2D eigenvalue weighted by Gasteiger charge is 2.33. The van der Waals surface area contributed by atoms with Crippen LogP contribution < -0.4 is 10.8 Å². The first kappa shape index (κ1) is 25.2. The summed E-state index contributed by atoms with van der Waals surface area (Å²) in [6, 6.07) is 9.42. The summed E-state index contributed by atoms with van der Waals surface area (Å²) < 4.78 is 67.8. The number of nitrogens with one attached hydrogen (secondary N) is 1. The number of alkyl halides is 3. The van der Waals surface area contributed by atoms with Gasteiger partial charge in [0, 0.05) is 55.9 Å². The molecular weight excluding hydrogens is 504 g/mol. The summed E-state index contributed by atoms with van der Waals surface area (Å²) >= 11 is 0. The van der Waals surface area contributed by atoms with Gasteiger partial charge in [-0.25, -0.2) is 13.4 Å². The Bertz CT molecular complexity index is 1500. The van der Waals surface area contributed by atoms with Crippen molar-refractivity contribution in [2.45, 2.75) is 36.4 Å². The third kappa shape index (κ3) is 5.19. The van der Waals surface area contributed by atoms with Crippen LogP contribution in [0.4, 0.5) is 19.0 Å². The van der Waals surface area contributed by atoms with Crippen molar-refractivity contribution in [3.05, 3.63) is 77.9 Å². The van der Waals surface area contributed by atoms with E-state index in [1.54, 1.807) is 23.1 Å². The molecule has 0 radical (unpaired) electrons. The van der Waals surface area contributed by atoms with E-state index < -0.39 is 21.8 Å². The van der Waals surface area contributed by atoms with Crippen LogP contribution in [-0.2, 0) is 22.7 Å². The molecule has 1 aliphatic heterocycles. The zero-order chi connectivity index (χ0) is 26.2. The minimum absolute atomic E-state index is 0.0253. The number of rotatable bonds is 6. The van der Waals surface area contributed by atoms with E-state index in [9.17, 15) is 21.6 Å². The van der Waals surface area contributed by atoms with E-state index >= 15 is 0 Å². The Morgan fingerprint density at radius 3 is 2.46 bits per heavy atom. The number of benzene rings is 1. The number of hydrogen-bond acceptors (Lipinski definition) is 6. The molecule has 13 heteroatoms. The molecule has 1 aromatic carbocycles. The lowest BCUT2D eigenvalue weighted by molar-refractivity contribution is -0.137. The predicted molar refractivity (Wildman–Crippen MR) is 135 cm³/mol. The van der Waals surface area contributed by atoms with E-state index in [2.05, 4.69) is 15.4 Å². The van der Waals surface area contributed by atoms with E-state index in [1.165, 1.54) is 4.31 Å². The lowest BCUT2D eigenvalue weighted by Gasteiger charge is -2.31. The Balaban J connectivity index is 1.33. The maximum Gasteiger partial charge on any atom is 0.416 e. The lowest BCUT2D eigenvalue weighted by Crippen LogP contribution is -2.38. The summed E-state index contributed by atoms with van der Waals surface area (Å²) in [6.45, 7) is 1.05. The van der Waals surface area contributed by atoms with Crippen LogP contribution in [0.1, 0.15) is 35.6 Å². The molecule has 4 heterocycles. The molecular formula is C24H24BF3N6O2S. The van der Waals surface area contributed by atoms with Gasteiger partial charge in [0.1, 0.15) is 13.7 Å². The van der Waals surface area contributed by atoms with Crippen LogP contribution >= 0.6 is 0 Å². The summed E-state index contributed by atoms with van der Waals surface area (Å²) in [5.41, 5.74) is 2.63. The normalized spacial score (nSPS) is 15.8. The van der Waals surface area contributed by atoms with Gasteiger partial charge in [-0.3, -0.25) is 4.98 Å². The number of anilines is 1. The second kappa shape index (κ2) is 9.79. The third-order valence-electron chi connectivity index (χ3n) is 6.56.